The summed E-state index contributed by atoms with van der Waals surface area (Å²) in [5, 5.41) is 2.95. The highest BCUT2D eigenvalue weighted by Gasteiger charge is 2.25. The van der Waals surface area contributed by atoms with E-state index in [0.717, 1.165) is 35.4 Å². The number of hydrogen-bond acceptors (Lipinski definition) is 4. The molecule has 3 aromatic heterocycles. The molecule has 4 rings (SSSR count). The van der Waals surface area contributed by atoms with Crippen LogP contribution in [0.15, 0.2) is 22.3 Å². The minimum absolute atomic E-state index is 0.0443. The first-order valence-corrected chi connectivity index (χ1v) is 10.6. The molecule has 0 saturated heterocycles. The van der Waals surface area contributed by atoms with Gasteiger partial charge in [-0.25, -0.2) is 4.98 Å². The molecule has 4 nitrogen and oxygen atoms in total. The van der Waals surface area contributed by atoms with Crippen LogP contribution in [-0.2, 0) is 19.4 Å². The molecule has 0 aromatic carbocycles. The van der Waals surface area contributed by atoms with Gasteiger partial charge in [0.05, 0.1) is 17.3 Å². The summed E-state index contributed by atoms with van der Waals surface area (Å²) in [7, 11) is 2.16. The number of hydrogen-bond donors (Lipinski definition) is 2. The summed E-state index contributed by atoms with van der Waals surface area (Å²) in [4.78, 5) is 25.7. The van der Waals surface area contributed by atoms with Crippen LogP contribution in [0.25, 0.3) is 10.2 Å². The Morgan fingerprint density at radius 1 is 1.48 bits per heavy atom. The molecule has 1 aliphatic rings. The molecule has 0 fully saturated rings. The molecule has 0 aliphatic heterocycles. The maximum Gasteiger partial charge on any atom is 0.260 e. The molecule has 1 unspecified atom stereocenters. The summed E-state index contributed by atoms with van der Waals surface area (Å²) in [6, 6.07) is 4.40. The normalized spacial score (nSPS) is 19.7. The van der Waals surface area contributed by atoms with Crippen LogP contribution >= 0.6 is 22.7 Å². The third-order valence-corrected chi connectivity index (χ3v) is 7.39. The summed E-state index contributed by atoms with van der Waals surface area (Å²) in [6.45, 7) is 5.38. The third kappa shape index (κ3) is 3.18. The fourth-order valence-electron chi connectivity index (χ4n) is 3.65. The van der Waals surface area contributed by atoms with Crippen molar-refractivity contribution in [1.82, 2.24) is 9.97 Å². The molecule has 132 valence electrons. The highest BCUT2D eigenvalue weighted by molar-refractivity contribution is 7.18. The van der Waals surface area contributed by atoms with E-state index >= 15 is 0 Å². The Bertz CT molecular complexity index is 942. The Hall–Kier alpha value is -1.50. The van der Waals surface area contributed by atoms with Crippen LogP contribution in [0.3, 0.4) is 0 Å². The number of fused-ring (bicyclic) bond motifs is 3. The summed E-state index contributed by atoms with van der Waals surface area (Å²) in [5.74, 6) is 1.51. The van der Waals surface area contributed by atoms with E-state index in [2.05, 4.69) is 43.4 Å². The van der Waals surface area contributed by atoms with Crippen LogP contribution < -0.4 is 10.5 Å². The summed E-state index contributed by atoms with van der Waals surface area (Å²) in [5.41, 5.74) is 1.30. The second-order valence-electron chi connectivity index (χ2n) is 7.31. The molecule has 0 saturated carbocycles. The number of nitrogens with zero attached hydrogens (tertiary/aromatic N) is 1. The molecular formula is C19H24N3OS2+. The highest BCUT2D eigenvalue weighted by atomic mass is 32.1. The lowest BCUT2D eigenvalue weighted by Crippen LogP contribution is -3.07. The highest BCUT2D eigenvalue weighted by Crippen LogP contribution is 2.35. The standard InChI is InChI=1S/C19H23N3OS2/c1-11-6-7-14-15(9-11)25-19-16(14)18(23)20-17(21-19)12(2)22(3)10-13-5-4-8-24-13/h4-5,8,11-12H,6-7,9-10H2,1-3H3,(H,20,21,23)/p+1/t11-,12-/m0/s1. The molecule has 0 spiro atoms. The first kappa shape index (κ1) is 16.9. The van der Waals surface area contributed by atoms with Gasteiger partial charge in [0.15, 0.2) is 5.82 Å². The van der Waals surface area contributed by atoms with Gasteiger partial charge in [0.1, 0.15) is 17.4 Å². The van der Waals surface area contributed by atoms with Gasteiger partial charge in [0.25, 0.3) is 5.56 Å². The van der Waals surface area contributed by atoms with Crippen LogP contribution in [0.2, 0.25) is 0 Å². The first-order valence-electron chi connectivity index (χ1n) is 8.92. The molecule has 0 radical (unpaired) electrons. The second-order valence-corrected chi connectivity index (χ2v) is 9.42. The van der Waals surface area contributed by atoms with E-state index < -0.39 is 0 Å². The summed E-state index contributed by atoms with van der Waals surface area (Å²) >= 11 is 3.50. The number of aryl methyl sites for hydroxylation is 1. The van der Waals surface area contributed by atoms with E-state index in [1.165, 1.54) is 26.6 Å². The lowest BCUT2D eigenvalue weighted by molar-refractivity contribution is -0.924. The van der Waals surface area contributed by atoms with E-state index in [0.29, 0.717) is 5.92 Å². The zero-order valence-electron chi connectivity index (χ0n) is 14.9. The molecule has 3 aromatic rings. The average molecular weight is 375 g/mol. The lowest BCUT2D eigenvalue weighted by atomic mass is 9.89. The fourth-order valence-corrected chi connectivity index (χ4v) is 5.84. The van der Waals surface area contributed by atoms with Crippen LogP contribution in [0, 0.1) is 5.92 Å². The largest absolute Gasteiger partial charge is 0.324 e. The van der Waals surface area contributed by atoms with Gasteiger partial charge in [-0.05, 0) is 49.1 Å². The second kappa shape index (κ2) is 6.67. The zero-order valence-corrected chi connectivity index (χ0v) is 16.5. The van der Waals surface area contributed by atoms with Crippen LogP contribution in [0.5, 0.6) is 0 Å². The predicted octanol–water partition coefficient (Wildman–Crippen LogP) is 2.95. The molecule has 6 heteroatoms. The monoisotopic (exact) mass is 374 g/mol. The van der Waals surface area contributed by atoms with Gasteiger partial charge >= 0.3 is 0 Å². The van der Waals surface area contributed by atoms with Gasteiger partial charge in [-0.1, -0.05) is 13.0 Å². The van der Waals surface area contributed by atoms with E-state index in [-0.39, 0.29) is 11.6 Å². The van der Waals surface area contributed by atoms with Gasteiger partial charge < -0.3 is 9.88 Å². The van der Waals surface area contributed by atoms with Crippen molar-refractivity contribution in [3.8, 4) is 0 Å². The SMILES string of the molecule is C[C@H]1CCc2c(sc3nc([C@H](C)[NH+](C)Cc4cccs4)[nH]c(=O)c23)C1. The predicted molar refractivity (Wildman–Crippen MR) is 105 cm³/mol. The maximum atomic E-state index is 12.8. The van der Waals surface area contributed by atoms with Gasteiger partial charge in [0, 0.05) is 4.88 Å². The Morgan fingerprint density at radius 3 is 3.08 bits per heavy atom. The van der Waals surface area contributed by atoms with Crippen LogP contribution in [0.1, 0.15) is 47.5 Å². The van der Waals surface area contributed by atoms with Gasteiger partial charge in [-0.2, -0.15) is 0 Å². The number of thiophene rings is 2. The Kier molecular flexibility index (Phi) is 4.52. The quantitative estimate of drug-likeness (QED) is 0.738. The molecule has 0 bridgehead atoms. The van der Waals surface area contributed by atoms with E-state index in [4.69, 9.17) is 4.98 Å². The maximum absolute atomic E-state index is 12.8. The topological polar surface area (TPSA) is 50.2 Å². The molecule has 3 atom stereocenters. The van der Waals surface area contributed by atoms with Crippen molar-refractivity contribution < 1.29 is 4.90 Å². The van der Waals surface area contributed by atoms with Crippen LogP contribution in [-0.4, -0.2) is 17.0 Å². The number of nitrogens with one attached hydrogen (secondary N) is 2. The Labute approximate surface area is 155 Å². The zero-order chi connectivity index (χ0) is 17.6. The minimum atomic E-state index is 0.0443. The van der Waals surface area contributed by atoms with Crippen molar-refractivity contribution in [2.24, 2.45) is 5.92 Å². The first-order chi connectivity index (χ1) is 12.0. The number of aromatic nitrogens is 2. The van der Waals surface area contributed by atoms with Crippen molar-refractivity contribution in [2.75, 3.05) is 7.05 Å². The Balaban J connectivity index is 1.67. The smallest absolute Gasteiger partial charge is 0.260 e. The number of H-pyrrole nitrogens is 1. The van der Waals surface area contributed by atoms with Gasteiger partial charge in [-0.3, -0.25) is 4.79 Å². The van der Waals surface area contributed by atoms with E-state index in [9.17, 15) is 4.79 Å². The van der Waals surface area contributed by atoms with Crippen LogP contribution in [0.4, 0.5) is 0 Å². The Morgan fingerprint density at radius 2 is 2.32 bits per heavy atom. The lowest BCUT2D eigenvalue weighted by Gasteiger charge is -2.20. The summed E-state index contributed by atoms with van der Waals surface area (Å²) < 4.78 is 0. The van der Waals surface area contributed by atoms with Gasteiger partial charge in [0.2, 0.25) is 0 Å². The average Bonchev–Trinajstić information content (AvgIpc) is 3.20. The fraction of sp³-hybridized carbons (Fsp3) is 0.474. The summed E-state index contributed by atoms with van der Waals surface area (Å²) in [6.07, 6.45) is 3.27. The van der Waals surface area contributed by atoms with Crippen molar-refractivity contribution in [1.29, 1.82) is 0 Å². The van der Waals surface area contributed by atoms with Crippen molar-refractivity contribution >= 4 is 32.9 Å². The minimum Gasteiger partial charge on any atom is -0.324 e. The van der Waals surface area contributed by atoms with Gasteiger partial charge in [-0.15, -0.1) is 22.7 Å². The number of quaternary nitrogens is 1. The number of aromatic amines is 1. The molecule has 3 heterocycles. The molecule has 0 amide bonds. The van der Waals surface area contributed by atoms with Crippen molar-refractivity contribution in [3.63, 3.8) is 0 Å². The van der Waals surface area contributed by atoms with E-state index in [1.807, 2.05) is 0 Å². The molecule has 2 N–H and O–H groups in total. The molecular weight excluding hydrogens is 350 g/mol. The molecule has 1 aliphatic carbocycles. The number of rotatable bonds is 4. The third-order valence-electron chi connectivity index (χ3n) is 5.37. The molecule has 25 heavy (non-hydrogen) atoms. The van der Waals surface area contributed by atoms with Crippen molar-refractivity contribution in [2.45, 2.75) is 45.7 Å². The van der Waals surface area contributed by atoms with E-state index in [1.54, 1.807) is 22.7 Å². The van der Waals surface area contributed by atoms with Crippen molar-refractivity contribution in [3.05, 3.63) is 49.0 Å².